The molecule has 2 fully saturated rings. The van der Waals surface area contributed by atoms with Crippen molar-refractivity contribution in [1.82, 2.24) is 9.29 Å². The van der Waals surface area contributed by atoms with Crippen LogP contribution in [0.4, 0.5) is 0 Å². The summed E-state index contributed by atoms with van der Waals surface area (Å²) in [5.74, 6) is 0.320. The van der Waals surface area contributed by atoms with Crippen molar-refractivity contribution in [2.24, 2.45) is 5.92 Å². The third kappa shape index (κ3) is 3.85. The Balaban J connectivity index is 1.31. The molecule has 2 saturated heterocycles. The Bertz CT molecular complexity index is 894. The lowest BCUT2D eigenvalue weighted by atomic mass is 9.80. The average Bonchev–Trinajstić information content (AvgIpc) is 3.09. The van der Waals surface area contributed by atoms with Crippen LogP contribution in [-0.2, 0) is 26.1 Å². The van der Waals surface area contributed by atoms with Crippen LogP contribution in [0.2, 0.25) is 0 Å². The van der Waals surface area contributed by atoms with E-state index < -0.39 is 10.0 Å². The number of hydrogen-bond acceptors (Lipinski definition) is 5. The molecule has 1 aromatic heterocycles. The summed E-state index contributed by atoms with van der Waals surface area (Å²) in [5.41, 5.74) is 1.61. The molecular formula is C21H26N2O4S. The highest BCUT2D eigenvalue weighted by atomic mass is 32.2. The molecule has 1 atom stereocenters. The van der Waals surface area contributed by atoms with E-state index in [1.165, 1.54) is 4.31 Å². The minimum absolute atomic E-state index is 0.320. The molecule has 7 heteroatoms. The number of pyridine rings is 1. The maximum atomic E-state index is 12.8. The number of aromatic nitrogens is 1. The van der Waals surface area contributed by atoms with Crippen LogP contribution in [0.25, 0.3) is 0 Å². The fourth-order valence-corrected chi connectivity index (χ4v) is 5.56. The molecule has 0 N–H and O–H groups in total. The van der Waals surface area contributed by atoms with E-state index in [9.17, 15) is 8.42 Å². The average molecular weight is 403 g/mol. The van der Waals surface area contributed by atoms with Gasteiger partial charge in [-0.05, 0) is 49.9 Å². The van der Waals surface area contributed by atoms with Gasteiger partial charge < -0.3 is 9.47 Å². The summed E-state index contributed by atoms with van der Waals surface area (Å²) in [6.45, 7) is 4.60. The molecule has 1 spiro atoms. The Morgan fingerprint density at radius 1 is 1.21 bits per heavy atom. The quantitative estimate of drug-likeness (QED) is 0.666. The summed E-state index contributed by atoms with van der Waals surface area (Å²) < 4.78 is 39.0. The standard InChI is InChI=1S/C21H26N2O4S/c1-17-5-7-20(8-6-17)28(24,25)23-15-21(16-23)18(10-13-27-21)9-12-26-14-19-4-2-3-11-22-19/h2-8,11,18H,9-10,12-16H2,1H3/t18-/m0/s1. The number of sulfonamides is 1. The minimum Gasteiger partial charge on any atom is -0.375 e. The van der Waals surface area contributed by atoms with Crippen LogP contribution in [0.3, 0.4) is 0 Å². The Labute approximate surface area is 166 Å². The Hall–Kier alpha value is -1.80. The summed E-state index contributed by atoms with van der Waals surface area (Å²) in [5, 5.41) is 0. The predicted molar refractivity (Wildman–Crippen MR) is 105 cm³/mol. The van der Waals surface area contributed by atoms with E-state index in [1.54, 1.807) is 18.3 Å². The Morgan fingerprint density at radius 2 is 2.00 bits per heavy atom. The molecule has 4 rings (SSSR count). The van der Waals surface area contributed by atoms with Gasteiger partial charge >= 0.3 is 0 Å². The van der Waals surface area contributed by atoms with Crippen LogP contribution in [0, 0.1) is 12.8 Å². The number of nitrogens with zero attached hydrogens (tertiary/aromatic N) is 2. The lowest BCUT2D eigenvalue weighted by molar-refractivity contribution is -0.106. The molecule has 1 aromatic carbocycles. The van der Waals surface area contributed by atoms with Crippen LogP contribution in [0.5, 0.6) is 0 Å². The molecule has 2 aliphatic rings. The molecule has 0 amide bonds. The second kappa shape index (κ2) is 7.91. The van der Waals surface area contributed by atoms with Crippen molar-refractivity contribution < 1.29 is 17.9 Å². The van der Waals surface area contributed by atoms with Gasteiger partial charge in [0.15, 0.2) is 0 Å². The number of benzene rings is 1. The molecule has 0 saturated carbocycles. The first kappa shape index (κ1) is 19.5. The van der Waals surface area contributed by atoms with E-state index >= 15 is 0 Å². The van der Waals surface area contributed by atoms with E-state index in [0.29, 0.717) is 43.7 Å². The Kier molecular flexibility index (Phi) is 5.51. The molecule has 150 valence electrons. The van der Waals surface area contributed by atoms with Crippen LogP contribution in [0.15, 0.2) is 53.6 Å². The molecular weight excluding hydrogens is 376 g/mol. The smallest absolute Gasteiger partial charge is 0.243 e. The normalized spacial score (nSPS) is 21.7. The fourth-order valence-electron chi connectivity index (χ4n) is 4.01. The maximum absolute atomic E-state index is 12.8. The molecule has 0 aliphatic carbocycles. The number of ether oxygens (including phenoxy) is 2. The zero-order valence-electron chi connectivity index (χ0n) is 16.1. The van der Waals surface area contributed by atoms with Gasteiger partial charge in [0.2, 0.25) is 10.0 Å². The fraction of sp³-hybridized carbons (Fsp3) is 0.476. The Morgan fingerprint density at radius 3 is 2.71 bits per heavy atom. The van der Waals surface area contributed by atoms with Crippen molar-refractivity contribution in [2.75, 3.05) is 26.3 Å². The molecule has 3 heterocycles. The second-order valence-electron chi connectivity index (χ2n) is 7.65. The van der Waals surface area contributed by atoms with E-state index in [1.807, 2.05) is 37.3 Å². The zero-order chi connectivity index (χ0) is 19.6. The van der Waals surface area contributed by atoms with E-state index in [-0.39, 0.29) is 5.60 Å². The highest BCUT2D eigenvalue weighted by molar-refractivity contribution is 7.89. The molecule has 0 radical (unpaired) electrons. The monoisotopic (exact) mass is 402 g/mol. The molecule has 2 aromatic rings. The maximum Gasteiger partial charge on any atom is 0.243 e. The van der Waals surface area contributed by atoms with Crippen LogP contribution < -0.4 is 0 Å². The van der Waals surface area contributed by atoms with Crippen molar-refractivity contribution in [2.45, 2.75) is 36.9 Å². The summed E-state index contributed by atoms with van der Waals surface area (Å²) in [6, 6.07) is 12.8. The van der Waals surface area contributed by atoms with E-state index in [4.69, 9.17) is 9.47 Å². The summed E-state index contributed by atoms with van der Waals surface area (Å²) in [7, 11) is -3.45. The first-order valence-corrected chi connectivity index (χ1v) is 11.1. The molecule has 6 nitrogen and oxygen atoms in total. The van der Waals surface area contributed by atoms with Gasteiger partial charge in [-0.2, -0.15) is 4.31 Å². The van der Waals surface area contributed by atoms with E-state index in [0.717, 1.165) is 24.1 Å². The van der Waals surface area contributed by atoms with Crippen molar-refractivity contribution in [3.05, 3.63) is 59.9 Å². The van der Waals surface area contributed by atoms with Crippen LogP contribution >= 0.6 is 0 Å². The summed E-state index contributed by atoms with van der Waals surface area (Å²) in [6.07, 6.45) is 3.58. The van der Waals surface area contributed by atoms with Gasteiger partial charge in [0.1, 0.15) is 0 Å². The summed E-state index contributed by atoms with van der Waals surface area (Å²) >= 11 is 0. The van der Waals surface area contributed by atoms with Crippen molar-refractivity contribution in [3.63, 3.8) is 0 Å². The molecule has 0 bridgehead atoms. The van der Waals surface area contributed by atoms with Gasteiger partial charge in [0.25, 0.3) is 0 Å². The lowest BCUT2D eigenvalue weighted by Gasteiger charge is -2.49. The first-order valence-electron chi connectivity index (χ1n) is 9.68. The highest BCUT2D eigenvalue weighted by Gasteiger charge is 2.56. The van der Waals surface area contributed by atoms with Gasteiger partial charge in [-0.15, -0.1) is 0 Å². The predicted octanol–water partition coefficient (Wildman–Crippen LogP) is 2.78. The van der Waals surface area contributed by atoms with Gasteiger partial charge in [-0.3, -0.25) is 4.98 Å². The number of rotatable bonds is 7. The van der Waals surface area contributed by atoms with Crippen LogP contribution in [-0.4, -0.2) is 49.6 Å². The second-order valence-corrected chi connectivity index (χ2v) is 9.59. The minimum atomic E-state index is -3.45. The summed E-state index contributed by atoms with van der Waals surface area (Å²) in [4.78, 5) is 4.60. The van der Waals surface area contributed by atoms with Gasteiger partial charge in [-0.1, -0.05) is 23.8 Å². The van der Waals surface area contributed by atoms with Crippen molar-refractivity contribution >= 4 is 10.0 Å². The van der Waals surface area contributed by atoms with Crippen molar-refractivity contribution in [1.29, 1.82) is 0 Å². The van der Waals surface area contributed by atoms with Gasteiger partial charge in [0.05, 0.1) is 22.8 Å². The van der Waals surface area contributed by atoms with E-state index in [2.05, 4.69) is 4.98 Å². The lowest BCUT2D eigenvalue weighted by Crippen LogP contribution is -2.65. The van der Waals surface area contributed by atoms with Gasteiger partial charge in [0, 0.05) is 32.5 Å². The largest absolute Gasteiger partial charge is 0.375 e. The molecule has 0 unspecified atom stereocenters. The highest BCUT2D eigenvalue weighted by Crippen LogP contribution is 2.43. The topological polar surface area (TPSA) is 68.7 Å². The SMILES string of the molecule is Cc1ccc(S(=O)(=O)N2CC3(C2)OCC[C@@H]3CCOCc2ccccn2)cc1. The van der Waals surface area contributed by atoms with Crippen molar-refractivity contribution in [3.8, 4) is 0 Å². The van der Waals surface area contributed by atoms with Gasteiger partial charge in [-0.25, -0.2) is 8.42 Å². The number of aryl methyl sites for hydroxylation is 1. The van der Waals surface area contributed by atoms with Crippen LogP contribution in [0.1, 0.15) is 24.1 Å². The molecule has 28 heavy (non-hydrogen) atoms. The molecule has 2 aliphatic heterocycles. The third-order valence-electron chi connectivity index (χ3n) is 5.73. The third-order valence-corrected chi connectivity index (χ3v) is 7.54. The first-order chi connectivity index (χ1) is 13.5. The number of hydrogen-bond donors (Lipinski definition) is 0. The zero-order valence-corrected chi connectivity index (χ0v) is 16.9.